The van der Waals surface area contributed by atoms with Crippen LogP contribution >= 0.6 is 23.2 Å². The maximum atomic E-state index is 10.8. The van der Waals surface area contributed by atoms with E-state index in [2.05, 4.69) is 31.8 Å². The number of β-amino-alcohol motifs (C(OH)–C–C–N with tert-alkyl or cyclic N) is 1. The molecule has 31 heavy (non-hydrogen) atoms. The topological polar surface area (TPSA) is 55.7 Å². The molecule has 2 aliphatic heterocycles. The van der Waals surface area contributed by atoms with Gasteiger partial charge in [0.1, 0.15) is 5.82 Å². The Morgan fingerprint density at radius 1 is 0.903 bits per heavy atom. The van der Waals surface area contributed by atoms with E-state index in [1.807, 2.05) is 30.3 Å². The van der Waals surface area contributed by atoms with Crippen LogP contribution in [0.25, 0.3) is 11.0 Å². The molecule has 3 aromatic rings. The second-order valence-corrected chi connectivity index (χ2v) is 9.21. The van der Waals surface area contributed by atoms with Crippen molar-refractivity contribution in [1.29, 1.82) is 0 Å². The Morgan fingerprint density at radius 2 is 1.65 bits per heavy atom. The lowest BCUT2D eigenvalue weighted by molar-refractivity contribution is 0.0424. The van der Waals surface area contributed by atoms with Gasteiger partial charge in [0.2, 0.25) is 0 Å². The second kappa shape index (κ2) is 8.88. The third kappa shape index (κ3) is 4.64. The normalized spacial score (nSPS) is 23.0. The van der Waals surface area contributed by atoms with E-state index in [9.17, 15) is 5.11 Å². The highest BCUT2D eigenvalue weighted by molar-refractivity contribution is 6.31. The molecule has 2 aromatic carbocycles. The molecule has 1 aromatic heterocycles. The summed E-state index contributed by atoms with van der Waals surface area (Å²) in [6.45, 7) is 6.11. The molecule has 2 fully saturated rings. The van der Waals surface area contributed by atoms with Gasteiger partial charge < -0.3 is 10.0 Å². The molecule has 8 heteroatoms. The van der Waals surface area contributed by atoms with Gasteiger partial charge in [-0.05, 0) is 35.9 Å². The minimum Gasteiger partial charge on any atom is -0.390 e. The van der Waals surface area contributed by atoms with Gasteiger partial charge in [0.15, 0.2) is 0 Å². The monoisotopic (exact) mass is 457 g/mol. The number of fused-ring (bicyclic) bond motifs is 1. The van der Waals surface area contributed by atoms with Gasteiger partial charge in [0, 0.05) is 55.9 Å². The molecule has 0 bridgehead atoms. The number of aliphatic hydroxyl groups excluding tert-OH is 1. The molecule has 0 saturated carbocycles. The molecule has 2 saturated heterocycles. The Kier molecular flexibility index (Phi) is 5.99. The molecule has 1 N–H and O–H groups in total. The minimum absolute atomic E-state index is 0.106. The lowest BCUT2D eigenvalue weighted by atomic mass is 10.1. The number of benzene rings is 2. The van der Waals surface area contributed by atoms with Crippen molar-refractivity contribution >= 4 is 40.1 Å². The number of halogens is 2. The third-order valence-corrected chi connectivity index (χ3v) is 6.76. The first-order chi connectivity index (χ1) is 15.0. The largest absolute Gasteiger partial charge is 0.390 e. The number of nitrogens with zero attached hydrogens (tertiary/aromatic N) is 5. The van der Waals surface area contributed by atoms with E-state index in [0.717, 1.165) is 61.1 Å². The van der Waals surface area contributed by atoms with Crippen molar-refractivity contribution in [3.8, 4) is 0 Å². The molecule has 0 radical (unpaired) electrons. The summed E-state index contributed by atoms with van der Waals surface area (Å²) >= 11 is 12.1. The van der Waals surface area contributed by atoms with Crippen LogP contribution in [0.2, 0.25) is 10.0 Å². The van der Waals surface area contributed by atoms with Crippen LogP contribution in [0.5, 0.6) is 0 Å². The van der Waals surface area contributed by atoms with Crippen molar-refractivity contribution in [2.45, 2.75) is 18.7 Å². The van der Waals surface area contributed by atoms with E-state index < -0.39 is 6.10 Å². The number of aliphatic hydroxyl groups is 1. The lowest BCUT2D eigenvalue weighted by Crippen LogP contribution is -2.53. The first-order valence-electron chi connectivity index (χ1n) is 10.6. The highest BCUT2D eigenvalue weighted by Crippen LogP contribution is 2.25. The van der Waals surface area contributed by atoms with Gasteiger partial charge >= 0.3 is 0 Å². The van der Waals surface area contributed by atoms with Gasteiger partial charge in [-0.25, -0.2) is 4.98 Å². The van der Waals surface area contributed by atoms with Crippen LogP contribution in [0.3, 0.4) is 0 Å². The Labute approximate surface area is 192 Å². The average Bonchev–Trinajstić information content (AvgIpc) is 3.17. The zero-order valence-electron chi connectivity index (χ0n) is 17.2. The predicted molar refractivity (Wildman–Crippen MR) is 125 cm³/mol. The number of hydrogen-bond donors (Lipinski definition) is 1. The maximum Gasteiger partial charge on any atom is 0.147 e. The van der Waals surface area contributed by atoms with Crippen molar-refractivity contribution in [3.63, 3.8) is 0 Å². The lowest BCUT2D eigenvalue weighted by Gasteiger charge is -2.38. The van der Waals surface area contributed by atoms with Gasteiger partial charge in [0.25, 0.3) is 0 Å². The third-order valence-electron chi connectivity index (χ3n) is 6.27. The summed E-state index contributed by atoms with van der Waals surface area (Å²) in [6.07, 6.45) is 1.38. The molecular weight excluding hydrogens is 433 g/mol. The number of rotatable bonds is 4. The second-order valence-electron chi connectivity index (χ2n) is 8.34. The van der Waals surface area contributed by atoms with E-state index >= 15 is 0 Å². The fraction of sp³-hybridized carbons (Fsp3) is 0.391. The average molecular weight is 458 g/mol. The summed E-state index contributed by atoms with van der Waals surface area (Å²) in [5.41, 5.74) is 2.87. The highest BCUT2D eigenvalue weighted by atomic mass is 35.5. The Balaban J connectivity index is 1.21. The number of anilines is 1. The maximum absolute atomic E-state index is 10.8. The molecule has 0 amide bonds. The zero-order chi connectivity index (χ0) is 21.4. The summed E-state index contributed by atoms with van der Waals surface area (Å²) < 4.78 is 0. The van der Waals surface area contributed by atoms with Crippen LogP contribution in [0, 0.1) is 0 Å². The molecule has 3 heterocycles. The summed E-state index contributed by atoms with van der Waals surface area (Å²) in [5, 5.41) is 12.2. The van der Waals surface area contributed by atoms with Crippen LogP contribution in [0.4, 0.5) is 5.82 Å². The SMILES string of the molecule is OC1CN(c2cnc3ccc(Cl)cc3n2)CC1N1CCN(Cc2ccc(Cl)cc2)CC1. The molecule has 2 unspecified atom stereocenters. The molecule has 6 nitrogen and oxygen atoms in total. The molecular formula is C23H25Cl2N5O. The molecule has 162 valence electrons. The van der Waals surface area contributed by atoms with E-state index in [1.54, 1.807) is 6.20 Å². The van der Waals surface area contributed by atoms with Gasteiger partial charge in [-0.3, -0.25) is 14.8 Å². The van der Waals surface area contributed by atoms with Gasteiger partial charge in [-0.1, -0.05) is 35.3 Å². The van der Waals surface area contributed by atoms with Crippen molar-refractivity contribution in [3.05, 3.63) is 64.3 Å². The quantitative estimate of drug-likeness (QED) is 0.648. The summed E-state index contributed by atoms with van der Waals surface area (Å²) in [5.74, 6) is 0.790. The molecule has 2 aliphatic rings. The van der Waals surface area contributed by atoms with Crippen molar-refractivity contribution in [2.75, 3.05) is 44.2 Å². The van der Waals surface area contributed by atoms with E-state index in [4.69, 9.17) is 28.2 Å². The van der Waals surface area contributed by atoms with Gasteiger partial charge in [0.05, 0.1) is 29.4 Å². The zero-order valence-corrected chi connectivity index (χ0v) is 18.7. The van der Waals surface area contributed by atoms with Crippen molar-refractivity contribution in [2.24, 2.45) is 0 Å². The fourth-order valence-corrected chi connectivity index (χ4v) is 4.84. The first-order valence-corrected chi connectivity index (χ1v) is 11.4. The molecule has 5 rings (SSSR count). The highest BCUT2D eigenvalue weighted by Gasteiger charge is 2.37. The molecule has 0 aliphatic carbocycles. The number of aromatic nitrogens is 2. The van der Waals surface area contributed by atoms with Crippen LogP contribution in [-0.4, -0.2) is 76.3 Å². The van der Waals surface area contributed by atoms with Crippen LogP contribution in [0.1, 0.15) is 5.56 Å². The summed E-state index contributed by atoms with van der Waals surface area (Å²) in [6, 6.07) is 13.7. The smallest absolute Gasteiger partial charge is 0.147 e. The summed E-state index contributed by atoms with van der Waals surface area (Å²) in [7, 11) is 0. The first kappa shape index (κ1) is 20.9. The standard InChI is InChI=1S/C23H25Cl2N5O/c24-17-3-1-16(2-4-17)13-28-7-9-29(10-8-28)21-14-30(15-22(21)31)23-12-26-19-6-5-18(25)11-20(19)27-23/h1-6,11-12,21-22,31H,7-10,13-15H2. The molecule has 0 spiro atoms. The summed E-state index contributed by atoms with van der Waals surface area (Å²) in [4.78, 5) is 16.2. The minimum atomic E-state index is -0.403. The Morgan fingerprint density at radius 3 is 2.42 bits per heavy atom. The number of hydrogen-bond acceptors (Lipinski definition) is 6. The Hall–Kier alpha value is -1.96. The number of piperazine rings is 1. The predicted octanol–water partition coefficient (Wildman–Crippen LogP) is 3.30. The van der Waals surface area contributed by atoms with E-state index in [0.29, 0.717) is 11.6 Å². The van der Waals surface area contributed by atoms with Gasteiger partial charge in [-0.2, -0.15) is 0 Å². The van der Waals surface area contributed by atoms with E-state index in [-0.39, 0.29) is 6.04 Å². The van der Waals surface area contributed by atoms with E-state index in [1.165, 1.54) is 5.56 Å². The van der Waals surface area contributed by atoms with Crippen LogP contribution in [-0.2, 0) is 6.54 Å². The van der Waals surface area contributed by atoms with Crippen molar-refractivity contribution < 1.29 is 5.11 Å². The molecule has 2 atom stereocenters. The van der Waals surface area contributed by atoms with Crippen LogP contribution < -0.4 is 4.90 Å². The van der Waals surface area contributed by atoms with Crippen LogP contribution in [0.15, 0.2) is 48.7 Å². The van der Waals surface area contributed by atoms with Gasteiger partial charge in [-0.15, -0.1) is 0 Å². The Bertz CT molecular complexity index is 1060. The fourth-order valence-electron chi connectivity index (χ4n) is 4.54. The van der Waals surface area contributed by atoms with Crippen molar-refractivity contribution in [1.82, 2.24) is 19.8 Å².